The van der Waals surface area contributed by atoms with Crippen molar-refractivity contribution in [3.63, 3.8) is 0 Å². The van der Waals surface area contributed by atoms with Crippen LogP contribution in [0.2, 0.25) is 0 Å². The first-order valence-corrected chi connectivity index (χ1v) is 8.76. The van der Waals surface area contributed by atoms with Crippen LogP contribution in [-0.2, 0) is 4.79 Å². The van der Waals surface area contributed by atoms with Gasteiger partial charge in [-0.1, -0.05) is 38.1 Å². The molecule has 2 aromatic carbocycles. The molecule has 2 heterocycles. The van der Waals surface area contributed by atoms with Gasteiger partial charge in [0.25, 0.3) is 0 Å². The molecule has 1 atom stereocenters. The smallest absolute Gasteiger partial charge is 0.226 e. The zero-order chi connectivity index (χ0) is 18.3. The van der Waals surface area contributed by atoms with Crippen LogP contribution in [0.15, 0.2) is 54.7 Å². The summed E-state index contributed by atoms with van der Waals surface area (Å²) >= 11 is 0. The Kier molecular flexibility index (Phi) is 4.07. The van der Waals surface area contributed by atoms with E-state index in [-0.39, 0.29) is 17.6 Å². The van der Waals surface area contributed by atoms with E-state index in [1.165, 1.54) is 17.7 Å². The highest BCUT2D eigenvalue weighted by molar-refractivity contribution is 5.94. The van der Waals surface area contributed by atoms with Crippen molar-refractivity contribution in [1.29, 1.82) is 0 Å². The highest BCUT2D eigenvalue weighted by atomic mass is 19.1. The Labute approximate surface area is 151 Å². The number of nitrogens with zero attached hydrogens (tertiary/aromatic N) is 2. The fraction of sp³-hybridized carbons (Fsp3) is 0.238. The van der Waals surface area contributed by atoms with Crippen molar-refractivity contribution >= 4 is 11.7 Å². The Morgan fingerprint density at radius 3 is 2.46 bits per heavy atom. The Bertz CT molecular complexity index is 942. The molecule has 0 radical (unpaired) electrons. The fourth-order valence-electron chi connectivity index (χ4n) is 3.41. The average molecular weight is 349 g/mol. The van der Waals surface area contributed by atoms with Gasteiger partial charge in [-0.2, -0.15) is 5.10 Å². The standard InChI is InChI=1S/C21H20FN3O/c1-13(2)14-3-5-15(6-4-14)18-11-20(26)24-21-19(18)12-23-25(21)17-9-7-16(22)8-10-17/h3-10,12-13,18H,11H2,1-2H3,(H,24,26)/t18-/m1/s1. The summed E-state index contributed by atoms with van der Waals surface area (Å²) in [6.07, 6.45) is 2.18. The van der Waals surface area contributed by atoms with Crippen LogP contribution in [0.5, 0.6) is 0 Å². The number of rotatable bonds is 3. The van der Waals surface area contributed by atoms with E-state index < -0.39 is 0 Å². The predicted octanol–water partition coefficient (Wildman–Crippen LogP) is 4.61. The molecule has 0 aliphatic carbocycles. The van der Waals surface area contributed by atoms with Gasteiger partial charge in [0.1, 0.15) is 11.6 Å². The lowest BCUT2D eigenvalue weighted by Crippen LogP contribution is -2.24. The number of anilines is 1. The minimum absolute atomic E-state index is 0.0332. The minimum atomic E-state index is -0.304. The molecular weight excluding hydrogens is 329 g/mol. The molecule has 0 unspecified atom stereocenters. The summed E-state index contributed by atoms with van der Waals surface area (Å²) in [6.45, 7) is 4.32. The predicted molar refractivity (Wildman–Crippen MR) is 99.1 cm³/mol. The Hall–Kier alpha value is -2.95. The monoisotopic (exact) mass is 349 g/mol. The van der Waals surface area contributed by atoms with Gasteiger partial charge in [-0.15, -0.1) is 0 Å². The summed E-state index contributed by atoms with van der Waals surface area (Å²) in [7, 11) is 0. The largest absolute Gasteiger partial charge is 0.310 e. The van der Waals surface area contributed by atoms with Gasteiger partial charge in [0, 0.05) is 17.9 Å². The van der Waals surface area contributed by atoms with Crippen molar-refractivity contribution in [3.8, 4) is 5.69 Å². The second-order valence-corrected chi connectivity index (χ2v) is 6.96. The van der Waals surface area contributed by atoms with Crippen molar-refractivity contribution in [1.82, 2.24) is 9.78 Å². The summed E-state index contributed by atoms with van der Waals surface area (Å²) in [5.74, 6) is 0.747. The lowest BCUT2D eigenvalue weighted by Gasteiger charge is -2.24. The molecule has 26 heavy (non-hydrogen) atoms. The van der Waals surface area contributed by atoms with Crippen molar-refractivity contribution in [2.24, 2.45) is 0 Å². The van der Waals surface area contributed by atoms with Gasteiger partial charge in [-0.25, -0.2) is 9.07 Å². The Morgan fingerprint density at radius 1 is 1.12 bits per heavy atom. The molecule has 1 aromatic heterocycles. The number of carbonyl (C=O) groups excluding carboxylic acids is 1. The highest BCUT2D eigenvalue weighted by Crippen LogP contribution is 2.38. The lowest BCUT2D eigenvalue weighted by molar-refractivity contribution is -0.116. The third-order valence-electron chi connectivity index (χ3n) is 4.90. The summed E-state index contributed by atoms with van der Waals surface area (Å²) in [6, 6.07) is 14.5. The lowest BCUT2D eigenvalue weighted by atomic mass is 9.86. The number of fused-ring (bicyclic) bond motifs is 1. The summed E-state index contributed by atoms with van der Waals surface area (Å²) in [5, 5.41) is 7.35. The van der Waals surface area contributed by atoms with Crippen LogP contribution < -0.4 is 5.32 Å². The van der Waals surface area contributed by atoms with Gasteiger partial charge in [-0.05, 0) is 41.3 Å². The van der Waals surface area contributed by atoms with Crippen molar-refractivity contribution < 1.29 is 9.18 Å². The molecular formula is C21H20FN3O. The molecule has 0 saturated heterocycles. The van der Waals surface area contributed by atoms with E-state index in [9.17, 15) is 9.18 Å². The van der Waals surface area contributed by atoms with E-state index in [1.54, 1.807) is 23.0 Å². The number of benzene rings is 2. The van der Waals surface area contributed by atoms with Gasteiger partial charge in [0.2, 0.25) is 5.91 Å². The summed E-state index contributed by atoms with van der Waals surface area (Å²) in [5.41, 5.74) is 4.07. The van der Waals surface area contributed by atoms with Gasteiger partial charge in [0.05, 0.1) is 11.9 Å². The average Bonchev–Trinajstić information content (AvgIpc) is 3.05. The van der Waals surface area contributed by atoms with Crippen molar-refractivity contribution in [2.75, 3.05) is 5.32 Å². The molecule has 0 bridgehead atoms. The van der Waals surface area contributed by atoms with Crippen LogP contribution in [0.3, 0.4) is 0 Å². The maximum absolute atomic E-state index is 13.2. The van der Waals surface area contributed by atoms with Crippen LogP contribution in [0.4, 0.5) is 10.2 Å². The number of hydrogen-bond acceptors (Lipinski definition) is 2. The number of amides is 1. The molecule has 1 aliphatic heterocycles. The number of nitrogens with one attached hydrogen (secondary N) is 1. The van der Waals surface area contributed by atoms with Crippen LogP contribution in [0.25, 0.3) is 5.69 Å². The maximum atomic E-state index is 13.2. The van der Waals surface area contributed by atoms with Gasteiger partial charge in [0.15, 0.2) is 0 Å². The second-order valence-electron chi connectivity index (χ2n) is 6.96. The third kappa shape index (κ3) is 2.90. The van der Waals surface area contributed by atoms with E-state index in [1.807, 2.05) is 0 Å². The summed E-state index contributed by atoms with van der Waals surface area (Å²) in [4.78, 5) is 12.3. The van der Waals surface area contributed by atoms with E-state index in [4.69, 9.17) is 0 Å². The molecule has 3 aromatic rings. The highest BCUT2D eigenvalue weighted by Gasteiger charge is 2.30. The number of hydrogen-bond donors (Lipinski definition) is 1. The molecule has 5 heteroatoms. The van der Waals surface area contributed by atoms with Crippen LogP contribution >= 0.6 is 0 Å². The van der Waals surface area contributed by atoms with E-state index in [2.05, 4.69) is 48.5 Å². The number of aromatic nitrogens is 2. The van der Waals surface area contributed by atoms with E-state index in [0.29, 0.717) is 23.8 Å². The van der Waals surface area contributed by atoms with Crippen molar-refractivity contribution in [3.05, 3.63) is 77.2 Å². The minimum Gasteiger partial charge on any atom is -0.310 e. The zero-order valence-electron chi connectivity index (χ0n) is 14.7. The van der Waals surface area contributed by atoms with Gasteiger partial charge < -0.3 is 5.32 Å². The first-order chi connectivity index (χ1) is 12.5. The van der Waals surface area contributed by atoms with Gasteiger partial charge in [-0.3, -0.25) is 4.79 Å². The van der Waals surface area contributed by atoms with Crippen LogP contribution in [0, 0.1) is 5.82 Å². The first kappa shape index (κ1) is 16.5. The molecule has 1 aliphatic rings. The third-order valence-corrected chi connectivity index (χ3v) is 4.90. The summed E-state index contributed by atoms with van der Waals surface area (Å²) < 4.78 is 14.9. The van der Waals surface area contributed by atoms with Crippen LogP contribution in [-0.4, -0.2) is 15.7 Å². The molecule has 1 N–H and O–H groups in total. The van der Waals surface area contributed by atoms with E-state index in [0.717, 1.165) is 11.1 Å². The molecule has 4 nitrogen and oxygen atoms in total. The fourth-order valence-corrected chi connectivity index (χ4v) is 3.41. The van der Waals surface area contributed by atoms with Crippen molar-refractivity contribution in [2.45, 2.75) is 32.1 Å². The molecule has 0 spiro atoms. The molecule has 132 valence electrons. The molecule has 0 saturated carbocycles. The van der Waals surface area contributed by atoms with Gasteiger partial charge >= 0.3 is 0 Å². The van der Waals surface area contributed by atoms with Crippen LogP contribution in [0.1, 0.15) is 48.8 Å². The normalized spacial score (nSPS) is 16.5. The number of halogens is 1. The number of carbonyl (C=O) groups is 1. The maximum Gasteiger partial charge on any atom is 0.226 e. The Morgan fingerprint density at radius 2 is 1.81 bits per heavy atom. The topological polar surface area (TPSA) is 46.9 Å². The Balaban J connectivity index is 1.74. The second kappa shape index (κ2) is 6.41. The quantitative estimate of drug-likeness (QED) is 0.751. The zero-order valence-corrected chi connectivity index (χ0v) is 14.7. The molecule has 0 fully saturated rings. The van der Waals surface area contributed by atoms with E-state index >= 15 is 0 Å². The molecule has 4 rings (SSSR count). The molecule has 1 amide bonds. The SMILES string of the molecule is CC(C)c1ccc([C@H]2CC(=O)Nc3c2cnn3-c2ccc(F)cc2)cc1. The first-order valence-electron chi connectivity index (χ1n) is 8.76.